The van der Waals surface area contributed by atoms with Crippen LogP contribution in [0.4, 0.5) is 4.79 Å². The van der Waals surface area contributed by atoms with Crippen molar-refractivity contribution < 1.29 is 14.3 Å². The van der Waals surface area contributed by atoms with Crippen LogP contribution >= 0.6 is 11.8 Å². The summed E-state index contributed by atoms with van der Waals surface area (Å²) in [5.74, 6) is 0.630. The zero-order chi connectivity index (χ0) is 20.2. The molecule has 0 aromatic heterocycles. The van der Waals surface area contributed by atoms with Crippen LogP contribution in [0.15, 0.2) is 48.5 Å². The van der Waals surface area contributed by atoms with E-state index in [0.717, 1.165) is 48.6 Å². The third kappa shape index (κ3) is 4.30. The summed E-state index contributed by atoms with van der Waals surface area (Å²) in [5.41, 5.74) is 2.39. The van der Waals surface area contributed by atoms with Crippen molar-refractivity contribution in [1.29, 1.82) is 5.26 Å². The number of hydrogen-bond acceptors (Lipinski definition) is 5. The molecule has 1 unspecified atom stereocenters. The lowest BCUT2D eigenvalue weighted by Gasteiger charge is -2.21. The van der Waals surface area contributed by atoms with E-state index < -0.39 is 0 Å². The maximum atomic E-state index is 12.8. The second-order valence-electron chi connectivity index (χ2n) is 7.43. The molecule has 4 rings (SSSR count). The van der Waals surface area contributed by atoms with Gasteiger partial charge < -0.3 is 4.74 Å². The predicted octanol–water partition coefficient (Wildman–Crippen LogP) is 4.69. The Hall–Kier alpha value is -2.78. The lowest BCUT2D eigenvalue weighted by atomic mass is 10.1. The molecule has 1 atom stereocenters. The first-order valence-corrected chi connectivity index (χ1v) is 10.8. The van der Waals surface area contributed by atoms with Gasteiger partial charge in [-0.15, -0.1) is 0 Å². The summed E-state index contributed by atoms with van der Waals surface area (Å²) in [4.78, 5) is 26.7. The molecule has 1 saturated carbocycles. The molecule has 0 spiro atoms. The van der Waals surface area contributed by atoms with E-state index in [1.54, 1.807) is 6.07 Å². The number of rotatable bonds is 6. The molecular formula is C23H22N2O3S. The summed E-state index contributed by atoms with van der Waals surface area (Å²) in [5, 5.41) is 8.73. The quantitative estimate of drug-likeness (QED) is 0.696. The highest BCUT2D eigenvalue weighted by molar-refractivity contribution is 8.15. The highest BCUT2D eigenvalue weighted by Crippen LogP contribution is 2.36. The van der Waals surface area contributed by atoms with E-state index in [1.165, 1.54) is 4.90 Å². The third-order valence-corrected chi connectivity index (χ3v) is 6.55. The zero-order valence-corrected chi connectivity index (χ0v) is 16.9. The van der Waals surface area contributed by atoms with Crippen LogP contribution in [-0.4, -0.2) is 27.3 Å². The Labute approximate surface area is 174 Å². The van der Waals surface area contributed by atoms with Crippen molar-refractivity contribution in [2.24, 2.45) is 0 Å². The number of carbonyl (C=O) groups is 2. The number of imide groups is 1. The van der Waals surface area contributed by atoms with Gasteiger partial charge in [-0.05, 0) is 43.0 Å². The number of ether oxygens (including phenoxy) is 1. The molecule has 6 heteroatoms. The van der Waals surface area contributed by atoms with Crippen LogP contribution in [0.5, 0.6) is 5.75 Å². The van der Waals surface area contributed by atoms with Crippen LogP contribution in [0.3, 0.4) is 0 Å². The molecule has 29 heavy (non-hydrogen) atoms. The molecule has 0 N–H and O–H groups in total. The Morgan fingerprint density at radius 2 is 1.90 bits per heavy atom. The first-order chi connectivity index (χ1) is 14.2. The molecule has 1 heterocycles. The Balaban J connectivity index is 1.41. The number of benzene rings is 2. The molecule has 2 aliphatic rings. The maximum Gasteiger partial charge on any atom is 0.289 e. The molecule has 2 aromatic carbocycles. The van der Waals surface area contributed by atoms with Crippen LogP contribution in [0.2, 0.25) is 0 Å². The van der Waals surface area contributed by atoms with E-state index in [9.17, 15) is 14.9 Å². The molecule has 148 valence electrons. The van der Waals surface area contributed by atoms with Gasteiger partial charge in [0.25, 0.3) is 5.24 Å². The van der Waals surface area contributed by atoms with E-state index in [1.807, 2.05) is 42.5 Å². The fraction of sp³-hybridized carbons (Fsp3) is 0.348. The van der Waals surface area contributed by atoms with Gasteiger partial charge in [0.1, 0.15) is 12.4 Å². The van der Waals surface area contributed by atoms with Crippen LogP contribution in [0.25, 0.3) is 0 Å². The van der Waals surface area contributed by atoms with Gasteiger partial charge in [0, 0.05) is 11.6 Å². The molecule has 2 fully saturated rings. The molecule has 1 saturated heterocycles. The van der Waals surface area contributed by atoms with Crippen molar-refractivity contribution >= 4 is 22.9 Å². The van der Waals surface area contributed by atoms with E-state index >= 15 is 0 Å². The number of nitrogens with zero attached hydrogens (tertiary/aromatic N) is 2. The number of hydrogen-bond donors (Lipinski definition) is 0. The lowest BCUT2D eigenvalue weighted by molar-refractivity contribution is -0.128. The Morgan fingerprint density at radius 3 is 2.69 bits per heavy atom. The van der Waals surface area contributed by atoms with Gasteiger partial charge in [-0.25, -0.2) is 0 Å². The van der Waals surface area contributed by atoms with E-state index in [0.29, 0.717) is 24.3 Å². The van der Waals surface area contributed by atoms with Crippen molar-refractivity contribution in [2.45, 2.75) is 50.0 Å². The molecule has 0 radical (unpaired) electrons. The minimum atomic E-state index is -0.363. The monoisotopic (exact) mass is 406 g/mol. The van der Waals surface area contributed by atoms with Gasteiger partial charge in [0.15, 0.2) is 0 Å². The van der Waals surface area contributed by atoms with Crippen LogP contribution < -0.4 is 4.74 Å². The van der Waals surface area contributed by atoms with Crippen molar-refractivity contribution in [3.8, 4) is 11.8 Å². The highest BCUT2D eigenvalue weighted by Gasteiger charge is 2.43. The third-order valence-electron chi connectivity index (χ3n) is 5.49. The van der Waals surface area contributed by atoms with Crippen molar-refractivity contribution in [1.82, 2.24) is 4.90 Å². The summed E-state index contributed by atoms with van der Waals surface area (Å²) in [7, 11) is 0. The highest BCUT2D eigenvalue weighted by atomic mass is 32.2. The standard InChI is InChI=1S/C23H22N2O3S/c24-14-17-7-1-2-8-18(17)15-28-20-11-5-6-16(12-20)13-21-22(26)25(23(27)29-21)19-9-3-4-10-19/h1-2,5-8,11-12,19,21H,3-4,9-10,13,15H2. The van der Waals surface area contributed by atoms with E-state index in [4.69, 9.17) is 4.74 Å². The summed E-state index contributed by atoms with van der Waals surface area (Å²) < 4.78 is 5.87. The Morgan fingerprint density at radius 1 is 1.10 bits per heavy atom. The molecule has 2 amide bonds. The fourth-order valence-electron chi connectivity index (χ4n) is 3.99. The lowest BCUT2D eigenvalue weighted by Crippen LogP contribution is -2.39. The molecule has 5 nitrogen and oxygen atoms in total. The first kappa shape index (κ1) is 19.5. The maximum absolute atomic E-state index is 12.8. The number of amides is 2. The van der Waals surface area contributed by atoms with Crippen molar-refractivity contribution in [3.05, 3.63) is 65.2 Å². The largest absolute Gasteiger partial charge is 0.489 e. The van der Waals surface area contributed by atoms with Crippen LogP contribution in [-0.2, 0) is 17.8 Å². The molecule has 2 aromatic rings. The van der Waals surface area contributed by atoms with Gasteiger partial charge in [-0.1, -0.05) is 54.9 Å². The minimum Gasteiger partial charge on any atom is -0.489 e. The number of thioether (sulfide) groups is 1. The Bertz CT molecular complexity index is 963. The summed E-state index contributed by atoms with van der Waals surface area (Å²) in [6.45, 7) is 0.304. The van der Waals surface area contributed by atoms with E-state index in [2.05, 4.69) is 6.07 Å². The smallest absolute Gasteiger partial charge is 0.289 e. The van der Waals surface area contributed by atoms with Crippen molar-refractivity contribution in [3.63, 3.8) is 0 Å². The molecule has 1 aliphatic heterocycles. The molecular weight excluding hydrogens is 384 g/mol. The zero-order valence-electron chi connectivity index (χ0n) is 16.0. The second-order valence-corrected chi connectivity index (χ2v) is 8.58. The molecule has 0 bridgehead atoms. The van der Waals surface area contributed by atoms with E-state index in [-0.39, 0.29) is 22.4 Å². The van der Waals surface area contributed by atoms with Gasteiger partial charge in [0.05, 0.1) is 16.9 Å². The average molecular weight is 407 g/mol. The van der Waals surface area contributed by atoms with Gasteiger partial charge in [-0.2, -0.15) is 5.26 Å². The SMILES string of the molecule is N#Cc1ccccc1COc1cccc(CC2SC(=O)N(C3CCCC3)C2=O)c1. The van der Waals surface area contributed by atoms with Crippen molar-refractivity contribution in [2.75, 3.05) is 0 Å². The van der Waals surface area contributed by atoms with Gasteiger partial charge >= 0.3 is 0 Å². The first-order valence-electron chi connectivity index (χ1n) is 9.89. The second kappa shape index (κ2) is 8.71. The summed E-state index contributed by atoms with van der Waals surface area (Å²) in [6.07, 6.45) is 4.54. The summed E-state index contributed by atoms with van der Waals surface area (Å²) in [6, 6.07) is 17.2. The number of nitriles is 1. The predicted molar refractivity (Wildman–Crippen MR) is 112 cm³/mol. The average Bonchev–Trinajstić information content (AvgIpc) is 3.35. The van der Waals surface area contributed by atoms with Crippen LogP contribution in [0.1, 0.15) is 42.4 Å². The number of carbonyl (C=O) groups excluding carboxylic acids is 2. The normalized spacial score (nSPS) is 19.6. The van der Waals surface area contributed by atoms with Gasteiger partial charge in [0.2, 0.25) is 5.91 Å². The van der Waals surface area contributed by atoms with Crippen LogP contribution in [0, 0.1) is 11.3 Å². The Kier molecular flexibility index (Phi) is 5.86. The minimum absolute atomic E-state index is 0.0545. The topological polar surface area (TPSA) is 70.4 Å². The molecule has 1 aliphatic carbocycles. The fourth-order valence-corrected chi connectivity index (χ4v) is 5.07. The summed E-state index contributed by atoms with van der Waals surface area (Å²) >= 11 is 1.15. The van der Waals surface area contributed by atoms with Gasteiger partial charge in [-0.3, -0.25) is 14.5 Å².